The van der Waals surface area contributed by atoms with E-state index in [-0.39, 0.29) is 11.1 Å². The highest BCUT2D eigenvalue weighted by Gasteiger charge is 2.15. The minimum Gasteiger partial charge on any atom is -0.478 e. The maximum atomic E-state index is 11.0. The maximum Gasteiger partial charge on any atom is 0.336 e. The van der Waals surface area contributed by atoms with E-state index < -0.39 is 11.9 Å². The van der Waals surface area contributed by atoms with Gasteiger partial charge in [-0.1, -0.05) is 32.3 Å². The molecule has 0 aromatic heterocycles. The van der Waals surface area contributed by atoms with Crippen molar-refractivity contribution in [3.8, 4) is 0 Å². The molecule has 1 aromatic carbocycles. The van der Waals surface area contributed by atoms with Crippen LogP contribution in [0.5, 0.6) is 0 Å². The van der Waals surface area contributed by atoms with E-state index in [4.69, 9.17) is 10.2 Å². The standard InChI is InChI=1S/C14H17O4/c1-2-3-4-5-6-10-7-8-11(13(15)16)12(9-10)14(17)18/h7-9H,1-6H2,(H,15,16)(H,17,18). The van der Waals surface area contributed by atoms with E-state index in [1.807, 2.05) is 0 Å². The number of rotatable bonds is 7. The third-order valence-electron chi connectivity index (χ3n) is 2.76. The van der Waals surface area contributed by atoms with Crippen molar-refractivity contribution in [2.45, 2.75) is 32.1 Å². The Morgan fingerprint density at radius 3 is 2.22 bits per heavy atom. The molecule has 1 rings (SSSR count). The van der Waals surface area contributed by atoms with Crippen molar-refractivity contribution in [1.29, 1.82) is 0 Å². The van der Waals surface area contributed by atoms with Gasteiger partial charge in [0.2, 0.25) is 0 Å². The Bertz CT molecular complexity index is 437. The highest BCUT2D eigenvalue weighted by atomic mass is 16.4. The summed E-state index contributed by atoms with van der Waals surface area (Å²) >= 11 is 0. The van der Waals surface area contributed by atoms with Crippen LogP contribution in [0.3, 0.4) is 0 Å². The molecular weight excluding hydrogens is 232 g/mol. The number of hydrogen-bond acceptors (Lipinski definition) is 2. The summed E-state index contributed by atoms with van der Waals surface area (Å²) in [6, 6.07) is 4.50. The molecule has 0 aliphatic carbocycles. The Morgan fingerprint density at radius 2 is 1.67 bits per heavy atom. The average Bonchev–Trinajstić information content (AvgIpc) is 2.34. The van der Waals surface area contributed by atoms with E-state index in [0.717, 1.165) is 37.7 Å². The monoisotopic (exact) mass is 249 g/mol. The molecule has 0 fully saturated rings. The van der Waals surface area contributed by atoms with E-state index >= 15 is 0 Å². The third kappa shape index (κ3) is 3.87. The fourth-order valence-electron chi connectivity index (χ4n) is 1.79. The van der Waals surface area contributed by atoms with E-state index in [9.17, 15) is 9.59 Å². The van der Waals surface area contributed by atoms with Crippen molar-refractivity contribution in [3.05, 3.63) is 41.8 Å². The summed E-state index contributed by atoms with van der Waals surface area (Å²) in [6.45, 7) is 3.76. The van der Waals surface area contributed by atoms with Crippen molar-refractivity contribution >= 4 is 11.9 Å². The Morgan fingerprint density at radius 1 is 1.00 bits per heavy atom. The summed E-state index contributed by atoms with van der Waals surface area (Å²) in [5, 5.41) is 17.9. The molecule has 18 heavy (non-hydrogen) atoms. The molecule has 97 valence electrons. The van der Waals surface area contributed by atoms with Crippen LogP contribution in [0, 0.1) is 6.92 Å². The minimum absolute atomic E-state index is 0.142. The van der Waals surface area contributed by atoms with Gasteiger partial charge >= 0.3 is 11.9 Å². The Hall–Kier alpha value is -1.84. The summed E-state index contributed by atoms with van der Waals surface area (Å²) in [4.78, 5) is 21.8. The molecule has 0 spiro atoms. The molecule has 0 atom stereocenters. The second-order valence-electron chi connectivity index (χ2n) is 4.15. The summed E-state index contributed by atoms with van der Waals surface area (Å²) in [7, 11) is 0. The van der Waals surface area contributed by atoms with Gasteiger partial charge in [0.15, 0.2) is 0 Å². The largest absolute Gasteiger partial charge is 0.478 e. The second-order valence-corrected chi connectivity index (χ2v) is 4.15. The molecule has 0 heterocycles. The van der Waals surface area contributed by atoms with E-state index in [0.29, 0.717) is 0 Å². The molecule has 0 amide bonds. The van der Waals surface area contributed by atoms with Crippen LogP contribution in [-0.2, 0) is 6.42 Å². The number of benzene rings is 1. The SMILES string of the molecule is [CH2]CCCCCc1ccc(C(=O)O)c(C(=O)O)c1. The van der Waals surface area contributed by atoms with Gasteiger partial charge in [0, 0.05) is 0 Å². The number of unbranched alkanes of at least 4 members (excludes halogenated alkanes) is 3. The van der Waals surface area contributed by atoms with Crippen LogP contribution < -0.4 is 0 Å². The van der Waals surface area contributed by atoms with Crippen LogP contribution >= 0.6 is 0 Å². The zero-order chi connectivity index (χ0) is 13.5. The molecule has 2 N–H and O–H groups in total. The zero-order valence-corrected chi connectivity index (χ0v) is 10.2. The predicted molar refractivity (Wildman–Crippen MR) is 67.9 cm³/mol. The van der Waals surface area contributed by atoms with Gasteiger partial charge in [-0.25, -0.2) is 9.59 Å². The predicted octanol–water partition coefficient (Wildman–Crippen LogP) is 3.02. The Kier molecular flexibility index (Phi) is 5.36. The minimum atomic E-state index is -1.21. The smallest absolute Gasteiger partial charge is 0.336 e. The Labute approximate surface area is 106 Å². The van der Waals surface area contributed by atoms with Gasteiger partial charge in [-0.15, -0.1) is 0 Å². The van der Waals surface area contributed by atoms with E-state index in [2.05, 4.69) is 6.92 Å². The Balaban J connectivity index is 2.80. The molecule has 0 saturated carbocycles. The van der Waals surface area contributed by atoms with Crippen molar-refractivity contribution in [1.82, 2.24) is 0 Å². The zero-order valence-electron chi connectivity index (χ0n) is 10.2. The van der Waals surface area contributed by atoms with Crippen LogP contribution in [0.15, 0.2) is 18.2 Å². The topological polar surface area (TPSA) is 74.6 Å². The van der Waals surface area contributed by atoms with Crippen LogP contribution in [0.4, 0.5) is 0 Å². The second kappa shape index (κ2) is 6.79. The summed E-state index contributed by atoms with van der Waals surface area (Å²) in [5.41, 5.74) is 0.558. The summed E-state index contributed by atoms with van der Waals surface area (Å²) < 4.78 is 0. The van der Waals surface area contributed by atoms with E-state index in [1.54, 1.807) is 6.07 Å². The molecular formula is C14H17O4. The van der Waals surface area contributed by atoms with Crippen LogP contribution in [0.1, 0.15) is 52.0 Å². The molecule has 4 heteroatoms. The van der Waals surface area contributed by atoms with Crippen LogP contribution in [0.2, 0.25) is 0 Å². The first-order chi connectivity index (χ1) is 8.56. The fourth-order valence-corrected chi connectivity index (χ4v) is 1.79. The van der Waals surface area contributed by atoms with Gasteiger partial charge in [-0.05, 0) is 30.5 Å². The van der Waals surface area contributed by atoms with Crippen molar-refractivity contribution in [3.63, 3.8) is 0 Å². The van der Waals surface area contributed by atoms with Crippen molar-refractivity contribution in [2.24, 2.45) is 0 Å². The lowest BCUT2D eigenvalue weighted by Crippen LogP contribution is -2.08. The highest BCUT2D eigenvalue weighted by Crippen LogP contribution is 2.15. The van der Waals surface area contributed by atoms with Gasteiger partial charge in [0.1, 0.15) is 0 Å². The molecule has 1 radical (unpaired) electrons. The lowest BCUT2D eigenvalue weighted by molar-refractivity contribution is 0.0651. The first kappa shape index (κ1) is 14.2. The number of carboxylic acid groups (broad SMARTS) is 2. The molecule has 0 bridgehead atoms. The summed E-state index contributed by atoms with van der Waals surface area (Å²) in [5.74, 6) is -2.41. The fraction of sp³-hybridized carbons (Fsp3) is 0.357. The van der Waals surface area contributed by atoms with Gasteiger partial charge in [0.25, 0.3) is 0 Å². The van der Waals surface area contributed by atoms with Gasteiger partial charge in [0.05, 0.1) is 11.1 Å². The lowest BCUT2D eigenvalue weighted by Gasteiger charge is -2.06. The third-order valence-corrected chi connectivity index (χ3v) is 2.76. The molecule has 0 saturated heterocycles. The van der Waals surface area contributed by atoms with Crippen LogP contribution in [0.25, 0.3) is 0 Å². The number of aromatic carboxylic acids is 2. The van der Waals surface area contributed by atoms with Crippen LogP contribution in [-0.4, -0.2) is 22.2 Å². The first-order valence-corrected chi connectivity index (χ1v) is 5.95. The van der Waals surface area contributed by atoms with Gasteiger partial charge in [-0.2, -0.15) is 0 Å². The average molecular weight is 249 g/mol. The molecule has 0 unspecified atom stereocenters. The van der Waals surface area contributed by atoms with Gasteiger partial charge < -0.3 is 10.2 Å². The quantitative estimate of drug-likeness (QED) is 0.728. The van der Waals surface area contributed by atoms with E-state index in [1.165, 1.54) is 12.1 Å². The summed E-state index contributed by atoms with van der Waals surface area (Å²) in [6.07, 6.45) is 4.73. The normalized spacial score (nSPS) is 10.3. The number of carbonyl (C=O) groups is 2. The molecule has 0 aliphatic rings. The molecule has 4 nitrogen and oxygen atoms in total. The molecule has 0 aliphatic heterocycles. The lowest BCUT2D eigenvalue weighted by atomic mass is 10.00. The number of aryl methyl sites for hydroxylation is 1. The first-order valence-electron chi connectivity index (χ1n) is 5.95. The highest BCUT2D eigenvalue weighted by molar-refractivity contribution is 6.01. The number of carboxylic acids is 2. The van der Waals surface area contributed by atoms with Crippen molar-refractivity contribution < 1.29 is 19.8 Å². The number of hydrogen-bond donors (Lipinski definition) is 2. The van der Waals surface area contributed by atoms with Gasteiger partial charge in [-0.3, -0.25) is 0 Å². The van der Waals surface area contributed by atoms with Crippen molar-refractivity contribution in [2.75, 3.05) is 0 Å². The maximum absolute atomic E-state index is 11.0. The molecule has 1 aromatic rings.